The highest BCUT2D eigenvalue weighted by molar-refractivity contribution is 5.71. The van der Waals surface area contributed by atoms with Gasteiger partial charge in [-0.25, -0.2) is 9.66 Å². The van der Waals surface area contributed by atoms with Gasteiger partial charge in [-0.2, -0.15) is 0 Å². The fourth-order valence-electron chi connectivity index (χ4n) is 2.82. The highest BCUT2D eigenvalue weighted by atomic mass is 16.5. The Morgan fingerprint density at radius 3 is 2.26 bits per heavy atom. The summed E-state index contributed by atoms with van der Waals surface area (Å²) in [6, 6.07) is 20.0. The summed E-state index contributed by atoms with van der Waals surface area (Å²) in [5.41, 5.74) is 6.19. The topological polar surface area (TPSA) is 59.3 Å². The molecule has 0 radical (unpaired) electrons. The number of hydrogen-bond donors (Lipinski definition) is 2. The number of aliphatic hydroxyl groups is 1. The Kier molecular flexibility index (Phi) is 6.49. The molecule has 2 N–H and O–H groups in total. The molecule has 0 spiro atoms. The van der Waals surface area contributed by atoms with Crippen LogP contribution in [0.3, 0.4) is 0 Å². The van der Waals surface area contributed by atoms with E-state index in [4.69, 9.17) is 9.72 Å². The van der Waals surface area contributed by atoms with Gasteiger partial charge in [-0.15, -0.1) is 0 Å². The van der Waals surface area contributed by atoms with E-state index in [1.807, 2.05) is 65.3 Å². The smallest absolute Gasteiger partial charge is 0.241 e. The SMILES string of the molecule is CCCCNn1c(-c2ccccc2)nc(-c2ccccc2)c1OCC(C)O. The van der Waals surface area contributed by atoms with Gasteiger partial charge in [0.15, 0.2) is 5.82 Å². The summed E-state index contributed by atoms with van der Waals surface area (Å²) in [5, 5.41) is 9.73. The maximum absolute atomic E-state index is 9.73. The molecule has 0 amide bonds. The number of aromatic nitrogens is 2. The number of aliphatic hydroxyl groups excluding tert-OH is 1. The van der Waals surface area contributed by atoms with Crippen molar-refractivity contribution in [1.29, 1.82) is 0 Å². The highest BCUT2D eigenvalue weighted by Crippen LogP contribution is 2.34. The first-order valence-corrected chi connectivity index (χ1v) is 9.49. The van der Waals surface area contributed by atoms with Crippen LogP contribution in [0.5, 0.6) is 5.88 Å². The fourth-order valence-corrected chi connectivity index (χ4v) is 2.82. The minimum Gasteiger partial charge on any atom is -0.473 e. The van der Waals surface area contributed by atoms with Crippen molar-refractivity contribution in [3.8, 4) is 28.5 Å². The third-order valence-electron chi connectivity index (χ3n) is 4.18. The Morgan fingerprint density at radius 2 is 1.67 bits per heavy atom. The number of nitrogens with one attached hydrogen (secondary N) is 1. The first-order valence-electron chi connectivity index (χ1n) is 9.49. The van der Waals surface area contributed by atoms with Crippen molar-refractivity contribution in [3.63, 3.8) is 0 Å². The van der Waals surface area contributed by atoms with Crippen molar-refractivity contribution in [2.45, 2.75) is 32.8 Å². The highest BCUT2D eigenvalue weighted by Gasteiger charge is 2.21. The van der Waals surface area contributed by atoms with Gasteiger partial charge in [-0.05, 0) is 13.3 Å². The zero-order valence-corrected chi connectivity index (χ0v) is 15.9. The van der Waals surface area contributed by atoms with Crippen LogP contribution in [0.25, 0.3) is 22.6 Å². The average molecular weight is 365 g/mol. The van der Waals surface area contributed by atoms with Gasteiger partial charge in [0.05, 0.1) is 6.10 Å². The van der Waals surface area contributed by atoms with E-state index in [0.717, 1.165) is 42.0 Å². The van der Waals surface area contributed by atoms with Gasteiger partial charge in [0.25, 0.3) is 0 Å². The summed E-state index contributed by atoms with van der Waals surface area (Å²) in [6.07, 6.45) is 1.58. The van der Waals surface area contributed by atoms with Gasteiger partial charge in [0.2, 0.25) is 5.88 Å². The molecule has 3 aromatic rings. The third-order valence-corrected chi connectivity index (χ3v) is 4.18. The summed E-state index contributed by atoms with van der Waals surface area (Å²) in [6.45, 7) is 4.89. The Hall–Kier alpha value is -2.79. The second kappa shape index (κ2) is 9.24. The van der Waals surface area contributed by atoms with Crippen LogP contribution in [0.1, 0.15) is 26.7 Å². The second-order valence-electron chi connectivity index (χ2n) is 6.58. The van der Waals surface area contributed by atoms with Crippen LogP contribution in [0.4, 0.5) is 0 Å². The van der Waals surface area contributed by atoms with Crippen molar-refractivity contribution >= 4 is 0 Å². The van der Waals surface area contributed by atoms with E-state index in [0.29, 0.717) is 5.88 Å². The van der Waals surface area contributed by atoms with Crippen LogP contribution in [0, 0.1) is 0 Å². The van der Waals surface area contributed by atoms with Crippen molar-refractivity contribution in [3.05, 3.63) is 60.7 Å². The molecule has 5 nitrogen and oxygen atoms in total. The molecule has 0 saturated heterocycles. The van der Waals surface area contributed by atoms with Crippen LogP contribution >= 0.6 is 0 Å². The Morgan fingerprint density at radius 1 is 1.04 bits per heavy atom. The number of benzene rings is 2. The summed E-state index contributed by atoms with van der Waals surface area (Å²) >= 11 is 0. The Balaban J connectivity index is 2.11. The molecular formula is C22H27N3O2. The van der Waals surface area contributed by atoms with E-state index < -0.39 is 6.10 Å². The molecule has 142 valence electrons. The predicted octanol–water partition coefficient (Wildman–Crippen LogP) is 4.32. The van der Waals surface area contributed by atoms with Crippen molar-refractivity contribution in [2.75, 3.05) is 18.6 Å². The zero-order chi connectivity index (χ0) is 19.1. The van der Waals surface area contributed by atoms with Gasteiger partial charge in [0.1, 0.15) is 12.3 Å². The number of imidazole rings is 1. The maximum atomic E-state index is 9.73. The van der Waals surface area contributed by atoms with E-state index in [1.165, 1.54) is 0 Å². The third kappa shape index (κ3) is 4.68. The summed E-state index contributed by atoms with van der Waals surface area (Å²) < 4.78 is 7.92. The van der Waals surface area contributed by atoms with E-state index in [9.17, 15) is 5.11 Å². The lowest BCUT2D eigenvalue weighted by molar-refractivity contribution is 0.118. The normalized spacial score (nSPS) is 12.0. The van der Waals surface area contributed by atoms with Gasteiger partial charge in [-0.1, -0.05) is 74.0 Å². The predicted molar refractivity (Wildman–Crippen MR) is 109 cm³/mol. The fraction of sp³-hybridized carbons (Fsp3) is 0.318. The first kappa shape index (κ1) is 19.0. The van der Waals surface area contributed by atoms with Gasteiger partial charge in [0, 0.05) is 17.7 Å². The molecule has 0 aliphatic rings. The van der Waals surface area contributed by atoms with Crippen molar-refractivity contribution in [2.24, 2.45) is 0 Å². The quantitative estimate of drug-likeness (QED) is 0.555. The number of unbranched alkanes of at least 4 members (excludes halogenated alkanes) is 1. The maximum Gasteiger partial charge on any atom is 0.241 e. The lowest BCUT2D eigenvalue weighted by Gasteiger charge is -2.16. The molecule has 1 unspecified atom stereocenters. The van der Waals surface area contributed by atoms with E-state index in [-0.39, 0.29) is 6.61 Å². The molecule has 0 fully saturated rings. The van der Waals surface area contributed by atoms with E-state index in [1.54, 1.807) is 6.92 Å². The minimum atomic E-state index is -0.562. The molecule has 0 saturated carbocycles. The van der Waals surface area contributed by atoms with Gasteiger partial charge >= 0.3 is 0 Å². The van der Waals surface area contributed by atoms with Gasteiger partial charge in [-0.3, -0.25) is 0 Å². The Labute approximate surface area is 160 Å². The molecule has 27 heavy (non-hydrogen) atoms. The van der Waals surface area contributed by atoms with E-state index >= 15 is 0 Å². The lowest BCUT2D eigenvalue weighted by Crippen LogP contribution is -2.21. The second-order valence-corrected chi connectivity index (χ2v) is 6.58. The lowest BCUT2D eigenvalue weighted by atomic mass is 10.1. The van der Waals surface area contributed by atoms with Crippen LogP contribution in [-0.4, -0.2) is 34.0 Å². The molecular weight excluding hydrogens is 338 g/mol. The van der Waals surface area contributed by atoms with Crippen molar-refractivity contribution < 1.29 is 9.84 Å². The van der Waals surface area contributed by atoms with Crippen LogP contribution in [0.2, 0.25) is 0 Å². The number of ether oxygens (including phenoxy) is 1. The Bertz CT molecular complexity index is 830. The molecule has 3 rings (SSSR count). The summed E-state index contributed by atoms with van der Waals surface area (Å²) in [7, 11) is 0. The molecule has 1 atom stereocenters. The molecule has 0 bridgehead atoms. The van der Waals surface area contributed by atoms with Crippen LogP contribution in [0.15, 0.2) is 60.7 Å². The summed E-state index contributed by atoms with van der Waals surface area (Å²) in [4.78, 5) is 4.90. The molecule has 1 heterocycles. The first-order chi connectivity index (χ1) is 13.2. The minimum absolute atomic E-state index is 0.204. The van der Waals surface area contributed by atoms with Gasteiger partial charge < -0.3 is 15.3 Å². The molecule has 1 aromatic heterocycles. The monoisotopic (exact) mass is 365 g/mol. The number of nitrogens with zero attached hydrogens (tertiary/aromatic N) is 2. The standard InChI is InChI=1S/C22H27N3O2/c1-3-4-15-23-25-21(19-13-9-6-10-14-19)24-20(18-11-7-5-8-12-18)22(25)27-16-17(2)26/h5-14,17,23,26H,3-4,15-16H2,1-2H3. The zero-order valence-electron chi connectivity index (χ0n) is 15.9. The van der Waals surface area contributed by atoms with Crippen LogP contribution < -0.4 is 10.2 Å². The largest absolute Gasteiger partial charge is 0.473 e. The molecule has 0 aliphatic carbocycles. The number of rotatable bonds is 9. The summed E-state index contributed by atoms with van der Waals surface area (Å²) in [5.74, 6) is 1.42. The number of hydrogen-bond acceptors (Lipinski definition) is 4. The van der Waals surface area contributed by atoms with Crippen LogP contribution in [-0.2, 0) is 0 Å². The molecule has 0 aliphatic heterocycles. The van der Waals surface area contributed by atoms with E-state index in [2.05, 4.69) is 12.3 Å². The molecule has 5 heteroatoms. The average Bonchev–Trinajstić information content (AvgIpc) is 3.06. The molecule has 2 aromatic carbocycles. The van der Waals surface area contributed by atoms with Crippen molar-refractivity contribution in [1.82, 2.24) is 9.66 Å².